The van der Waals surface area contributed by atoms with Crippen LogP contribution in [-0.2, 0) is 33.6 Å². The van der Waals surface area contributed by atoms with Gasteiger partial charge < -0.3 is 14.7 Å². The van der Waals surface area contributed by atoms with E-state index in [1.54, 1.807) is 0 Å². The molecular formula is C61H64BN3. The molecule has 2 atom stereocenters. The summed E-state index contributed by atoms with van der Waals surface area (Å²) in [5.41, 5.74) is 23.3. The first kappa shape index (κ1) is 41.7. The number of aryl methyl sites for hydroxylation is 2. The van der Waals surface area contributed by atoms with E-state index in [-0.39, 0.29) is 33.9 Å². The largest absolute Gasteiger partial charge is 0.330 e. The number of para-hydroxylation sites is 1. The van der Waals surface area contributed by atoms with Crippen LogP contribution in [0.5, 0.6) is 0 Å². The molecule has 0 fully saturated rings. The van der Waals surface area contributed by atoms with Gasteiger partial charge in [0.05, 0.1) is 5.54 Å². The van der Waals surface area contributed by atoms with Crippen LogP contribution in [0.3, 0.4) is 0 Å². The van der Waals surface area contributed by atoms with Crippen molar-refractivity contribution in [2.24, 2.45) is 0 Å². The summed E-state index contributed by atoms with van der Waals surface area (Å²) in [5.74, 6) is 0. The SMILES string of the molecule is Cc1cc2c3c(c1)N(c1cccc(C(C)(C)C)c1)c1cc(C(C)(C)C)ccc1B3c1ccc(N3c4ccccc4C4(C)CCc5ccccc5C34C)cc1N2c1ccc(C(C)(C)C)cc1. The van der Waals surface area contributed by atoms with Crippen LogP contribution in [0.4, 0.5) is 45.5 Å². The molecule has 0 aromatic heterocycles. The van der Waals surface area contributed by atoms with E-state index in [9.17, 15) is 0 Å². The van der Waals surface area contributed by atoms with Gasteiger partial charge >= 0.3 is 0 Å². The highest BCUT2D eigenvalue weighted by molar-refractivity contribution is 7.00. The summed E-state index contributed by atoms with van der Waals surface area (Å²) in [6.45, 7) is 28.3. The number of hydrogen-bond donors (Lipinski definition) is 0. The van der Waals surface area contributed by atoms with Crippen LogP contribution in [0.1, 0.15) is 122 Å². The minimum absolute atomic E-state index is 0.00712. The summed E-state index contributed by atoms with van der Waals surface area (Å²) in [5, 5.41) is 0. The second-order valence-corrected chi connectivity index (χ2v) is 23.1. The van der Waals surface area contributed by atoms with Gasteiger partial charge in [0.25, 0.3) is 6.71 Å². The van der Waals surface area contributed by atoms with E-state index in [4.69, 9.17) is 0 Å². The lowest BCUT2D eigenvalue weighted by Crippen LogP contribution is -2.61. The van der Waals surface area contributed by atoms with Crippen LogP contribution in [0.15, 0.2) is 146 Å². The molecule has 1 aliphatic carbocycles. The quantitative estimate of drug-likeness (QED) is 0.164. The summed E-state index contributed by atoms with van der Waals surface area (Å²) in [7, 11) is 0. The molecule has 4 aliphatic rings. The summed E-state index contributed by atoms with van der Waals surface area (Å²) in [6, 6.07) is 57.0. The molecule has 3 heterocycles. The summed E-state index contributed by atoms with van der Waals surface area (Å²) < 4.78 is 0. The van der Waals surface area contributed by atoms with Crippen molar-refractivity contribution < 1.29 is 0 Å². The Hall–Kier alpha value is -6.00. The molecule has 2 unspecified atom stereocenters. The van der Waals surface area contributed by atoms with Crippen molar-refractivity contribution in [2.75, 3.05) is 14.7 Å². The molecule has 3 aliphatic heterocycles. The van der Waals surface area contributed by atoms with Gasteiger partial charge in [-0.1, -0.05) is 154 Å². The first-order valence-electron chi connectivity index (χ1n) is 24.0. The van der Waals surface area contributed by atoms with E-state index in [2.05, 4.69) is 243 Å². The molecule has 0 bridgehead atoms. The Morgan fingerprint density at radius 3 is 1.69 bits per heavy atom. The third-order valence-electron chi connectivity index (χ3n) is 16.0. The maximum absolute atomic E-state index is 2.72. The monoisotopic (exact) mass is 850 g/mol. The molecular weight excluding hydrogens is 786 g/mol. The third-order valence-corrected chi connectivity index (χ3v) is 16.0. The maximum Gasteiger partial charge on any atom is 0.252 e. The number of benzene rings is 7. The Morgan fingerprint density at radius 1 is 0.462 bits per heavy atom. The molecule has 11 rings (SSSR count). The molecule has 0 saturated heterocycles. The number of anilines is 8. The Kier molecular flexibility index (Phi) is 8.98. The molecule has 7 aromatic carbocycles. The van der Waals surface area contributed by atoms with Crippen LogP contribution in [0, 0.1) is 6.92 Å². The van der Waals surface area contributed by atoms with Gasteiger partial charge in [0.1, 0.15) is 0 Å². The van der Waals surface area contributed by atoms with Gasteiger partial charge in [0.2, 0.25) is 0 Å². The van der Waals surface area contributed by atoms with Crippen molar-refractivity contribution in [3.05, 3.63) is 185 Å². The van der Waals surface area contributed by atoms with E-state index in [0.29, 0.717) is 0 Å². The standard InChI is InChI=1S/C61H64BN3/c1-39-34-54-56-55(35-39)64(45-20-17-19-42(36-45)58(5,6)7)52-37-43(59(8,9)10)26-30-49(52)62(56)50-31-29-46(38-53(50)63(54)44-27-24-41(25-28-44)57(2,3)4)65-51-23-16-15-22-48(51)60(11)33-32-40-18-13-14-21-47(40)61(60,65)12/h13-31,34-38H,32-33H2,1-12H3. The van der Waals surface area contributed by atoms with Gasteiger partial charge in [-0.15, -0.1) is 0 Å². The highest BCUT2D eigenvalue weighted by atomic mass is 15.3. The zero-order valence-corrected chi connectivity index (χ0v) is 40.7. The highest BCUT2D eigenvalue weighted by Crippen LogP contribution is 2.64. The smallest absolute Gasteiger partial charge is 0.252 e. The molecule has 65 heavy (non-hydrogen) atoms. The fourth-order valence-corrected chi connectivity index (χ4v) is 12.2. The number of nitrogens with zero attached hydrogens (tertiary/aromatic N) is 3. The Bertz CT molecular complexity index is 3070. The Labute approximate surface area is 389 Å². The van der Waals surface area contributed by atoms with Crippen molar-refractivity contribution in [2.45, 2.75) is 123 Å². The zero-order chi connectivity index (χ0) is 45.6. The van der Waals surface area contributed by atoms with Crippen LogP contribution in [0.25, 0.3) is 0 Å². The summed E-state index contributed by atoms with van der Waals surface area (Å²) in [4.78, 5) is 7.91. The predicted octanol–water partition coefficient (Wildman–Crippen LogP) is 14.2. The van der Waals surface area contributed by atoms with Crippen molar-refractivity contribution in [3.63, 3.8) is 0 Å². The molecule has 0 saturated carbocycles. The Morgan fingerprint density at radius 2 is 1.02 bits per heavy atom. The van der Waals surface area contributed by atoms with Gasteiger partial charge in [0.15, 0.2) is 0 Å². The molecule has 3 nitrogen and oxygen atoms in total. The van der Waals surface area contributed by atoms with E-state index in [0.717, 1.165) is 12.8 Å². The lowest BCUT2D eigenvalue weighted by atomic mass is 9.33. The van der Waals surface area contributed by atoms with Crippen LogP contribution in [0.2, 0.25) is 0 Å². The predicted molar refractivity (Wildman–Crippen MR) is 279 cm³/mol. The van der Waals surface area contributed by atoms with E-state index in [1.165, 1.54) is 101 Å². The van der Waals surface area contributed by atoms with Crippen LogP contribution < -0.4 is 31.1 Å². The van der Waals surface area contributed by atoms with E-state index < -0.39 is 0 Å². The second kappa shape index (κ2) is 14.0. The van der Waals surface area contributed by atoms with Gasteiger partial charge in [0, 0.05) is 50.9 Å². The molecule has 7 aromatic rings. The highest BCUT2D eigenvalue weighted by Gasteiger charge is 2.60. The van der Waals surface area contributed by atoms with Crippen molar-refractivity contribution in [3.8, 4) is 0 Å². The maximum atomic E-state index is 2.72. The van der Waals surface area contributed by atoms with E-state index >= 15 is 0 Å². The van der Waals surface area contributed by atoms with Crippen molar-refractivity contribution in [1.29, 1.82) is 0 Å². The lowest BCUT2D eigenvalue weighted by Gasteiger charge is -2.51. The first-order valence-corrected chi connectivity index (χ1v) is 24.0. The molecule has 326 valence electrons. The molecule has 0 spiro atoms. The van der Waals surface area contributed by atoms with Crippen molar-refractivity contribution >= 4 is 68.6 Å². The summed E-state index contributed by atoms with van der Waals surface area (Å²) in [6.07, 6.45) is 2.19. The lowest BCUT2D eigenvalue weighted by molar-refractivity contribution is 0.245. The first-order chi connectivity index (χ1) is 30.8. The minimum Gasteiger partial charge on any atom is -0.330 e. The average molecular weight is 850 g/mol. The fraction of sp³-hybridized carbons (Fsp3) is 0.311. The average Bonchev–Trinajstić information content (AvgIpc) is 3.48. The fourth-order valence-electron chi connectivity index (χ4n) is 12.2. The van der Waals surface area contributed by atoms with E-state index in [1.807, 2.05) is 0 Å². The van der Waals surface area contributed by atoms with Crippen LogP contribution >= 0.6 is 0 Å². The number of rotatable bonds is 3. The Balaban J connectivity index is 1.20. The zero-order valence-electron chi connectivity index (χ0n) is 40.7. The van der Waals surface area contributed by atoms with Gasteiger partial charge in [-0.05, 0) is 159 Å². The molecule has 0 radical (unpaired) electrons. The van der Waals surface area contributed by atoms with Gasteiger partial charge in [-0.25, -0.2) is 0 Å². The second-order valence-electron chi connectivity index (χ2n) is 23.1. The minimum atomic E-state index is -0.293. The molecule has 0 N–H and O–H groups in total. The third kappa shape index (κ3) is 6.08. The number of hydrogen-bond acceptors (Lipinski definition) is 3. The van der Waals surface area contributed by atoms with Crippen LogP contribution in [-0.4, -0.2) is 6.71 Å². The normalized spacial score (nSPS) is 19.6. The molecule has 4 heteroatoms. The summed E-state index contributed by atoms with van der Waals surface area (Å²) >= 11 is 0. The van der Waals surface area contributed by atoms with Crippen molar-refractivity contribution in [1.82, 2.24) is 0 Å². The van der Waals surface area contributed by atoms with Gasteiger partial charge in [-0.3, -0.25) is 0 Å². The molecule has 0 amide bonds. The van der Waals surface area contributed by atoms with Gasteiger partial charge in [-0.2, -0.15) is 0 Å². The topological polar surface area (TPSA) is 9.72 Å². The number of fused-ring (bicyclic) bond motifs is 9.